The Morgan fingerprint density at radius 1 is 1.24 bits per heavy atom. The first-order valence-electron chi connectivity index (χ1n) is 7.74. The van der Waals surface area contributed by atoms with E-state index in [1.165, 1.54) is 0 Å². The smallest absolute Gasteiger partial charge is 0.253 e. The highest BCUT2D eigenvalue weighted by molar-refractivity contribution is 5.94. The van der Waals surface area contributed by atoms with E-state index in [0.29, 0.717) is 12.1 Å². The van der Waals surface area contributed by atoms with E-state index in [1.54, 1.807) is 4.90 Å². The van der Waals surface area contributed by atoms with Crippen LogP contribution in [0.3, 0.4) is 0 Å². The summed E-state index contributed by atoms with van der Waals surface area (Å²) in [6.07, 6.45) is 4.14. The van der Waals surface area contributed by atoms with Gasteiger partial charge >= 0.3 is 0 Å². The van der Waals surface area contributed by atoms with Crippen LogP contribution >= 0.6 is 0 Å². The van der Waals surface area contributed by atoms with E-state index in [4.69, 9.17) is 0 Å². The SMILES string of the molecule is CCCCN(C)C(=O)c1ccc(CNC(=O)C2CC2)cc1. The minimum absolute atomic E-state index is 0.0528. The number of nitrogens with zero attached hydrogens (tertiary/aromatic N) is 1. The summed E-state index contributed by atoms with van der Waals surface area (Å²) >= 11 is 0. The Morgan fingerprint density at radius 3 is 2.48 bits per heavy atom. The molecule has 1 aromatic carbocycles. The van der Waals surface area contributed by atoms with Gasteiger partial charge in [-0.1, -0.05) is 25.5 Å². The molecule has 0 aliphatic heterocycles. The highest BCUT2D eigenvalue weighted by atomic mass is 16.2. The molecule has 0 atom stereocenters. The zero-order chi connectivity index (χ0) is 15.2. The van der Waals surface area contributed by atoms with E-state index in [0.717, 1.165) is 37.8 Å². The molecule has 1 saturated carbocycles. The molecule has 1 fully saturated rings. The number of carbonyl (C=O) groups excluding carboxylic acids is 2. The molecule has 2 rings (SSSR count). The van der Waals surface area contributed by atoms with Crippen molar-refractivity contribution in [3.05, 3.63) is 35.4 Å². The fourth-order valence-corrected chi connectivity index (χ4v) is 2.16. The molecule has 1 aromatic rings. The highest BCUT2D eigenvalue weighted by Crippen LogP contribution is 2.28. The van der Waals surface area contributed by atoms with Gasteiger partial charge in [0.05, 0.1) is 0 Å². The molecule has 114 valence electrons. The highest BCUT2D eigenvalue weighted by Gasteiger charge is 2.29. The maximum Gasteiger partial charge on any atom is 0.253 e. The molecule has 1 N–H and O–H groups in total. The fraction of sp³-hybridized carbons (Fsp3) is 0.529. The van der Waals surface area contributed by atoms with E-state index >= 15 is 0 Å². The minimum Gasteiger partial charge on any atom is -0.352 e. The van der Waals surface area contributed by atoms with Crippen LogP contribution in [-0.2, 0) is 11.3 Å². The summed E-state index contributed by atoms with van der Waals surface area (Å²) in [6, 6.07) is 7.49. The van der Waals surface area contributed by atoms with Crippen LogP contribution < -0.4 is 5.32 Å². The maximum atomic E-state index is 12.2. The third-order valence-corrected chi connectivity index (χ3v) is 3.81. The Bertz CT molecular complexity index is 492. The first kappa shape index (κ1) is 15.5. The largest absolute Gasteiger partial charge is 0.352 e. The van der Waals surface area contributed by atoms with Crippen LogP contribution in [-0.4, -0.2) is 30.3 Å². The topological polar surface area (TPSA) is 49.4 Å². The Kier molecular flexibility index (Phi) is 5.37. The molecular weight excluding hydrogens is 264 g/mol. The van der Waals surface area contributed by atoms with Gasteiger partial charge in [-0.3, -0.25) is 9.59 Å². The van der Waals surface area contributed by atoms with Crippen molar-refractivity contribution in [3.8, 4) is 0 Å². The van der Waals surface area contributed by atoms with Gasteiger partial charge in [-0.15, -0.1) is 0 Å². The number of amides is 2. The number of carbonyl (C=O) groups is 2. The molecule has 4 nitrogen and oxygen atoms in total. The van der Waals surface area contributed by atoms with Gasteiger partial charge in [0.25, 0.3) is 5.91 Å². The summed E-state index contributed by atoms with van der Waals surface area (Å²) in [5.74, 6) is 0.435. The number of rotatable bonds is 7. The molecule has 0 unspecified atom stereocenters. The molecule has 2 amide bonds. The van der Waals surface area contributed by atoms with Gasteiger partial charge in [0.1, 0.15) is 0 Å². The standard InChI is InChI=1S/C17H24N2O2/c1-3-4-11-19(2)17(21)15-7-5-13(6-8-15)12-18-16(20)14-9-10-14/h5-8,14H,3-4,9-12H2,1-2H3,(H,18,20). The second-order valence-electron chi connectivity index (χ2n) is 5.77. The first-order chi connectivity index (χ1) is 10.1. The first-order valence-corrected chi connectivity index (χ1v) is 7.74. The van der Waals surface area contributed by atoms with Crippen LogP contribution in [0.2, 0.25) is 0 Å². The van der Waals surface area contributed by atoms with Crippen molar-refractivity contribution in [3.63, 3.8) is 0 Å². The lowest BCUT2D eigenvalue weighted by Gasteiger charge is -2.16. The Balaban J connectivity index is 1.85. The van der Waals surface area contributed by atoms with Gasteiger partial charge in [-0.2, -0.15) is 0 Å². The molecule has 4 heteroatoms. The van der Waals surface area contributed by atoms with Crippen molar-refractivity contribution in [2.45, 2.75) is 39.2 Å². The second kappa shape index (κ2) is 7.25. The Morgan fingerprint density at radius 2 is 1.90 bits per heavy atom. The fourth-order valence-electron chi connectivity index (χ4n) is 2.16. The second-order valence-corrected chi connectivity index (χ2v) is 5.77. The summed E-state index contributed by atoms with van der Waals surface area (Å²) in [6.45, 7) is 3.44. The summed E-state index contributed by atoms with van der Waals surface area (Å²) in [4.78, 5) is 25.5. The van der Waals surface area contributed by atoms with E-state index in [1.807, 2.05) is 31.3 Å². The maximum absolute atomic E-state index is 12.2. The van der Waals surface area contributed by atoms with E-state index in [2.05, 4.69) is 12.2 Å². The number of unbranched alkanes of at least 4 members (excludes halogenated alkanes) is 1. The Labute approximate surface area is 126 Å². The normalized spacial score (nSPS) is 13.8. The van der Waals surface area contributed by atoms with Crippen molar-refractivity contribution in [2.24, 2.45) is 5.92 Å². The van der Waals surface area contributed by atoms with Gasteiger partial charge < -0.3 is 10.2 Å². The monoisotopic (exact) mass is 288 g/mol. The molecule has 0 radical (unpaired) electrons. The van der Waals surface area contributed by atoms with Gasteiger partial charge in [-0.05, 0) is 37.0 Å². The van der Waals surface area contributed by atoms with Gasteiger partial charge in [0, 0.05) is 31.6 Å². The van der Waals surface area contributed by atoms with Gasteiger partial charge in [-0.25, -0.2) is 0 Å². The lowest BCUT2D eigenvalue weighted by Crippen LogP contribution is -2.27. The van der Waals surface area contributed by atoms with Crippen molar-refractivity contribution in [1.29, 1.82) is 0 Å². The quantitative estimate of drug-likeness (QED) is 0.838. The predicted molar refractivity (Wildman–Crippen MR) is 82.9 cm³/mol. The lowest BCUT2D eigenvalue weighted by molar-refractivity contribution is -0.122. The van der Waals surface area contributed by atoms with Crippen molar-refractivity contribution in [1.82, 2.24) is 10.2 Å². The van der Waals surface area contributed by atoms with E-state index in [-0.39, 0.29) is 17.7 Å². The molecule has 1 aliphatic carbocycles. The van der Waals surface area contributed by atoms with Crippen LogP contribution in [0.15, 0.2) is 24.3 Å². The summed E-state index contributed by atoms with van der Waals surface area (Å²) in [7, 11) is 1.84. The summed E-state index contributed by atoms with van der Waals surface area (Å²) in [5.41, 5.74) is 1.72. The average Bonchev–Trinajstić information content (AvgIpc) is 3.35. The molecule has 0 aromatic heterocycles. The summed E-state index contributed by atoms with van der Waals surface area (Å²) in [5, 5.41) is 2.93. The zero-order valence-electron chi connectivity index (χ0n) is 12.9. The number of hydrogen-bond acceptors (Lipinski definition) is 2. The number of hydrogen-bond donors (Lipinski definition) is 1. The number of benzene rings is 1. The van der Waals surface area contributed by atoms with Gasteiger partial charge in [0.2, 0.25) is 5.91 Å². The van der Waals surface area contributed by atoms with E-state index < -0.39 is 0 Å². The minimum atomic E-state index is 0.0528. The van der Waals surface area contributed by atoms with E-state index in [9.17, 15) is 9.59 Å². The molecule has 0 heterocycles. The van der Waals surface area contributed by atoms with Crippen molar-refractivity contribution in [2.75, 3.05) is 13.6 Å². The molecule has 21 heavy (non-hydrogen) atoms. The summed E-state index contributed by atoms with van der Waals surface area (Å²) < 4.78 is 0. The molecule has 0 spiro atoms. The number of nitrogens with one attached hydrogen (secondary N) is 1. The van der Waals surface area contributed by atoms with Gasteiger partial charge in [0.15, 0.2) is 0 Å². The predicted octanol–water partition coefficient (Wildman–Crippen LogP) is 2.58. The van der Waals surface area contributed by atoms with Crippen LogP contribution in [0.4, 0.5) is 0 Å². The van der Waals surface area contributed by atoms with Crippen molar-refractivity contribution < 1.29 is 9.59 Å². The van der Waals surface area contributed by atoms with Crippen LogP contribution in [0.1, 0.15) is 48.5 Å². The lowest BCUT2D eigenvalue weighted by atomic mass is 10.1. The third-order valence-electron chi connectivity index (χ3n) is 3.81. The zero-order valence-corrected chi connectivity index (χ0v) is 12.9. The average molecular weight is 288 g/mol. The van der Waals surface area contributed by atoms with Crippen LogP contribution in [0.25, 0.3) is 0 Å². The van der Waals surface area contributed by atoms with Crippen LogP contribution in [0.5, 0.6) is 0 Å². The molecule has 0 bridgehead atoms. The molecule has 1 aliphatic rings. The molecule has 0 saturated heterocycles. The van der Waals surface area contributed by atoms with Crippen molar-refractivity contribution >= 4 is 11.8 Å². The molecular formula is C17H24N2O2. The third kappa shape index (κ3) is 4.59. The van der Waals surface area contributed by atoms with Crippen LogP contribution in [0, 0.1) is 5.92 Å². The Hall–Kier alpha value is -1.84.